The van der Waals surface area contributed by atoms with Crippen LogP contribution in [-0.4, -0.2) is 31.5 Å². The molecule has 0 radical (unpaired) electrons. The van der Waals surface area contributed by atoms with Gasteiger partial charge in [-0.1, -0.05) is 44.2 Å². The molecule has 0 aliphatic carbocycles. The molecule has 0 aliphatic heterocycles. The first-order valence-corrected chi connectivity index (χ1v) is 12.8. The Hall–Kier alpha value is -2.63. The maximum atomic E-state index is 12.7. The standard InChI is InChI=1S/C21H23N3O5S3/c1-21(2,3)16-11-22-17(29-16)13-30-19-12-23-20(31-19)24-32(26,27)15-7-5-6-14(10-15)8-9-18(25)28-4/h5-12H,13H2,1-4H3,(H,23,24)/b9-8+. The van der Waals surface area contributed by atoms with Crippen LogP contribution in [0.25, 0.3) is 6.08 Å². The number of nitrogens with zero attached hydrogens (tertiary/aromatic N) is 2. The number of esters is 1. The molecule has 8 nitrogen and oxygen atoms in total. The normalized spacial score (nSPS) is 12.2. The van der Waals surface area contributed by atoms with Crippen LogP contribution in [0.3, 0.4) is 0 Å². The Kier molecular flexibility index (Phi) is 7.42. The predicted octanol–water partition coefficient (Wildman–Crippen LogP) is 4.71. The summed E-state index contributed by atoms with van der Waals surface area (Å²) < 4.78 is 39.1. The molecule has 0 spiro atoms. The van der Waals surface area contributed by atoms with Gasteiger partial charge < -0.3 is 9.15 Å². The highest BCUT2D eigenvalue weighted by molar-refractivity contribution is 8.00. The summed E-state index contributed by atoms with van der Waals surface area (Å²) in [5.74, 6) is 1.41. The van der Waals surface area contributed by atoms with Crippen LogP contribution in [0, 0.1) is 0 Å². The third-order valence-electron chi connectivity index (χ3n) is 4.12. The van der Waals surface area contributed by atoms with Crippen molar-refractivity contribution in [1.82, 2.24) is 9.97 Å². The fraction of sp³-hybridized carbons (Fsp3) is 0.286. The summed E-state index contributed by atoms with van der Waals surface area (Å²) in [6.45, 7) is 6.16. The number of methoxy groups -OCH3 is 1. The Morgan fingerprint density at radius 2 is 2.06 bits per heavy atom. The first kappa shape index (κ1) is 24.0. The summed E-state index contributed by atoms with van der Waals surface area (Å²) in [6, 6.07) is 6.21. The van der Waals surface area contributed by atoms with Crippen molar-refractivity contribution >= 4 is 50.3 Å². The number of carbonyl (C=O) groups is 1. The number of carbonyl (C=O) groups excluding carboxylic acids is 1. The molecule has 0 saturated carbocycles. The molecule has 0 saturated heterocycles. The lowest BCUT2D eigenvalue weighted by Crippen LogP contribution is -2.12. The van der Waals surface area contributed by atoms with Gasteiger partial charge in [-0.3, -0.25) is 4.72 Å². The van der Waals surface area contributed by atoms with Crippen LogP contribution in [0.4, 0.5) is 5.13 Å². The van der Waals surface area contributed by atoms with E-state index in [1.54, 1.807) is 24.5 Å². The molecule has 11 heteroatoms. The second-order valence-corrected chi connectivity index (χ2v) is 11.7. The molecule has 0 aliphatic rings. The number of oxazole rings is 1. The molecule has 32 heavy (non-hydrogen) atoms. The lowest BCUT2D eigenvalue weighted by Gasteiger charge is -2.12. The van der Waals surface area contributed by atoms with Crippen molar-refractivity contribution in [2.75, 3.05) is 11.8 Å². The number of hydrogen-bond donors (Lipinski definition) is 1. The van der Waals surface area contributed by atoms with Gasteiger partial charge >= 0.3 is 5.97 Å². The van der Waals surface area contributed by atoms with Gasteiger partial charge in [0, 0.05) is 11.5 Å². The van der Waals surface area contributed by atoms with Crippen LogP contribution in [0.1, 0.15) is 38.0 Å². The molecule has 2 heterocycles. The molecular formula is C21H23N3O5S3. The van der Waals surface area contributed by atoms with E-state index in [9.17, 15) is 13.2 Å². The second-order valence-electron chi connectivity index (χ2n) is 7.68. The van der Waals surface area contributed by atoms with Gasteiger partial charge in [0.1, 0.15) is 5.76 Å². The number of thiazole rings is 1. The molecular weight excluding hydrogens is 470 g/mol. The van der Waals surface area contributed by atoms with Gasteiger partial charge in [-0.2, -0.15) is 0 Å². The first-order chi connectivity index (χ1) is 15.1. The Labute approximate surface area is 195 Å². The van der Waals surface area contributed by atoms with Gasteiger partial charge in [0.2, 0.25) is 5.89 Å². The Balaban J connectivity index is 1.65. The van der Waals surface area contributed by atoms with E-state index >= 15 is 0 Å². The van der Waals surface area contributed by atoms with Gasteiger partial charge in [0.05, 0.1) is 34.4 Å². The van der Waals surface area contributed by atoms with Crippen LogP contribution in [-0.2, 0) is 30.7 Å². The minimum Gasteiger partial charge on any atom is -0.466 e. The van der Waals surface area contributed by atoms with E-state index in [1.807, 2.05) is 0 Å². The molecule has 2 aromatic heterocycles. The Morgan fingerprint density at radius 1 is 1.28 bits per heavy atom. The van der Waals surface area contributed by atoms with Crippen LogP contribution in [0.5, 0.6) is 0 Å². The number of thioether (sulfide) groups is 1. The summed E-state index contributed by atoms with van der Waals surface area (Å²) in [4.78, 5) is 19.8. The zero-order chi connectivity index (χ0) is 23.4. The first-order valence-electron chi connectivity index (χ1n) is 9.49. The molecule has 1 aromatic carbocycles. The van der Waals surface area contributed by atoms with E-state index in [0.29, 0.717) is 17.2 Å². The summed E-state index contributed by atoms with van der Waals surface area (Å²) in [5.41, 5.74) is 0.437. The average Bonchev–Trinajstić information content (AvgIpc) is 3.39. The number of aromatic nitrogens is 2. The van der Waals surface area contributed by atoms with Gasteiger partial charge in [0.25, 0.3) is 10.0 Å². The van der Waals surface area contributed by atoms with Crippen molar-refractivity contribution in [3.8, 4) is 0 Å². The number of anilines is 1. The van der Waals surface area contributed by atoms with Gasteiger partial charge in [-0.25, -0.2) is 23.2 Å². The SMILES string of the molecule is COC(=O)/C=C/c1cccc(S(=O)(=O)Nc2ncc(SCc3ncc(C(C)(C)C)o3)s2)c1. The fourth-order valence-electron chi connectivity index (χ4n) is 2.42. The number of nitrogens with one attached hydrogen (secondary N) is 1. The van der Waals surface area contributed by atoms with Crippen LogP contribution < -0.4 is 4.72 Å². The van der Waals surface area contributed by atoms with E-state index in [1.165, 1.54) is 54.5 Å². The highest BCUT2D eigenvalue weighted by atomic mass is 32.2. The maximum Gasteiger partial charge on any atom is 0.330 e. The summed E-state index contributed by atoms with van der Waals surface area (Å²) in [5, 5.41) is 0.255. The zero-order valence-corrected chi connectivity index (χ0v) is 20.4. The minimum atomic E-state index is -3.84. The van der Waals surface area contributed by atoms with Gasteiger partial charge in [-0.05, 0) is 23.8 Å². The maximum absolute atomic E-state index is 12.7. The number of benzene rings is 1. The summed E-state index contributed by atoms with van der Waals surface area (Å²) in [6.07, 6.45) is 6.05. The highest BCUT2D eigenvalue weighted by Gasteiger charge is 2.20. The minimum absolute atomic E-state index is 0.0587. The monoisotopic (exact) mass is 493 g/mol. The average molecular weight is 494 g/mol. The topological polar surface area (TPSA) is 111 Å². The second kappa shape index (κ2) is 9.88. The molecule has 0 atom stereocenters. The Bertz CT molecular complexity index is 1220. The van der Waals surface area contributed by atoms with Gasteiger partial charge in [0.15, 0.2) is 5.13 Å². The van der Waals surface area contributed by atoms with Crippen molar-refractivity contribution in [2.45, 2.75) is 41.0 Å². The lowest BCUT2D eigenvalue weighted by molar-refractivity contribution is -0.134. The van der Waals surface area contributed by atoms with Crippen molar-refractivity contribution in [2.24, 2.45) is 0 Å². The molecule has 0 unspecified atom stereocenters. The number of rotatable bonds is 8. The predicted molar refractivity (Wildman–Crippen MR) is 125 cm³/mol. The molecule has 0 bridgehead atoms. The van der Waals surface area contributed by atoms with E-state index < -0.39 is 16.0 Å². The zero-order valence-electron chi connectivity index (χ0n) is 18.0. The third-order valence-corrected chi connectivity index (χ3v) is 7.68. The molecule has 1 N–H and O–H groups in total. The number of hydrogen-bond acceptors (Lipinski definition) is 9. The summed E-state index contributed by atoms with van der Waals surface area (Å²) in [7, 11) is -2.57. The summed E-state index contributed by atoms with van der Waals surface area (Å²) >= 11 is 2.69. The lowest BCUT2D eigenvalue weighted by atomic mass is 9.94. The molecule has 3 aromatic rings. The van der Waals surface area contributed by atoms with Crippen molar-refractivity contribution in [1.29, 1.82) is 0 Å². The molecule has 3 rings (SSSR count). The quantitative estimate of drug-likeness (QED) is 0.273. The van der Waals surface area contributed by atoms with Crippen LogP contribution in [0.2, 0.25) is 0 Å². The largest absolute Gasteiger partial charge is 0.466 e. The highest BCUT2D eigenvalue weighted by Crippen LogP contribution is 2.32. The van der Waals surface area contributed by atoms with E-state index in [2.05, 4.69) is 40.2 Å². The van der Waals surface area contributed by atoms with Crippen molar-refractivity contribution in [3.63, 3.8) is 0 Å². The van der Waals surface area contributed by atoms with Crippen LogP contribution in [0.15, 0.2) is 56.3 Å². The smallest absolute Gasteiger partial charge is 0.330 e. The van der Waals surface area contributed by atoms with E-state index in [-0.39, 0.29) is 15.4 Å². The molecule has 170 valence electrons. The van der Waals surface area contributed by atoms with Crippen molar-refractivity contribution in [3.05, 3.63) is 59.9 Å². The van der Waals surface area contributed by atoms with Crippen molar-refractivity contribution < 1.29 is 22.4 Å². The fourth-order valence-corrected chi connectivity index (χ4v) is 5.44. The number of ether oxygens (including phenoxy) is 1. The third kappa shape index (κ3) is 6.44. The Morgan fingerprint density at radius 3 is 2.75 bits per heavy atom. The van der Waals surface area contributed by atoms with E-state index in [0.717, 1.165) is 9.97 Å². The van der Waals surface area contributed by atoms with E-state index in [4.69, 9.17) is 4.42 Å². The van der Waals surface area contributed by atoms with Gasteiger partial charge in [-0.15, -0.1) is 11.8 Å². The molecule has 0 fully saturated rings. The number of sulfonamides is 1. The molecule has 0 amide bonds. The van der Waals surface area contributed by atoms with Crippen LogP contribution >= 0.6 is 23.1 Å².